The molecule has 0 saturated heterocycles. The van der Waals surface area contributed by atoms with Crippen LogP contribution < -0.4 is 10.3 Å². The van der Waals surface area contributed by atoms with E-state index in [1.807, 2.05) is 18.2 Å². The summed E-state index contributed by atoms with van der Waals surface area (Å²) in [5.41, 5.74) is 1.38. The highest BCUT2D eigenvalue weighted by molar-refractivity contribution is 7.98. The summed E-state index contributed by atoms with van der Waals surface area (Å²) in [5, 5.41) is 0.382. The lowest BCUT2D eigenvalue weighted by molar-refractivity contribution is 0.412. The van der Waals surface area contributed by atoms with Crippen molar-refractivity contribution in [1.29, 1.82) is 0 Å². The van der Waals surface area contributed by atoms with Crippen LogP contribution in [-0.2, 0) is 5.75 Å². The molecule has 0 N–H and O–H groups in total. The Bertz CT molecular complexity index is 894. The topological polar surface area (TPSA) is 44.1 Å². The molecule has 2 aromatic carbocycles. The number of benzene rings is 2. The van der Waals surface area contributed by atoms with Gasteiger partial charge in [-0.25, -0.2) is 9.37 Å². The van der Waals surface area contributed by atoms with Crippen LogP contribution >= 0.6 is 11.8 Å². The van der Waals surface area contributed by atoms with Gasteiger partial charge in [-0.05, 0) is 29.8 Å². The Kier molecular flexibility index (Phi) is 4.96. The third kappa shape index (κ3) is 3.49. The number of ether oxygens (including phenoxy) is 1. The van der Waals surface area contributed by atoms with E-state index in [1.165, 1.54) is 28.5 Å². The van der Waals surface area contributed by atoms with E-state index in [1.54, 1.807) is 37.7 Å². The van der Waals surface area contributed by atoms with Crippen LogP contribution in [0.3, 0.4) is 0 Å². The third-order valence-corrected chi connectivity index (χ3v) is 4.47. The Hall–Kier alpha value is -2.60. The molecule has 0 unspecified atom stereocenters. The Labute approximate surface area is 142 Å². The highest BCUT2D eigenvalue weighted by atomic mass is 32.2. The van der Waals surface area contributed by atoms with Crippen LogP contribution in [0.4, 0.5) is 4.39 Å². The third-order valence-electron chi connectivity index (χ3n) is 3.44. The van der Waals surface area contributed by atoms with Crippen molar-refractivity contribution in [3.05, 3.63) is 82.7 Å². The molecule has 0 radical (unpaired) electrons. The molecule has 0 aliphatic rings. The summed E-state index contributed by atoms with van der Waals surface area (Å²) in [7, 11) is 1.56. The second-order valence-corrected chi connectivity index (χ2v) is 5.96. The van der Waals surface area contributed by atoms with Crippen molar-refractivity contribution >= 4 is 11.8 Å². The molecule has 0 amide bonds. The number of thioether (sulfide) groups is 1. The van der Waals surface area contributed by atoms with Crippen LogP contribution in [-0.4, -0.2) is 16.7 Å². The van der Waals surface area contributed by atoms with Crippen molar-refractivity contribution in [3.63, 3.8) is 0 Å². The average Bonchev–Trinajstić information content (AvgIpc) is 2.62. The maximum Gasteiger partial charge on any atom is 0.287 e. The fourth-order valence-corrected chi connectivity index (χ4v) is 3.10. The molecule has 24 heavy (non-hydrogen) atoms. The maximum absolute atomic E-state index is 12.9. The average molecular weight is 342 g/mol. The number of hydrogen-bond donors (Lipinski definition) is 0. The summed E-state index contributed by atoms with van der Waals surface area (Å²) in [5.74, 6) is 0.874. The van der Waals surface area contributed by atoms with Crippen LogP contribution in [0, 0.1) is 5.82 Å². The number of aromatic nitrogens is 2. The highest BCUT2D eigenvalue weighted by Crippen LogP contribution is 2.22. The van der Waals surface area contributed by atoms with Gasteiger partial charge in [-0.2, -0.15) is 0 Å². The molecule has 0 bridgehead atoms. The molecule has 1 aromatic heterocycles. The number of para-hydroxylation sites is 2. The number of nitrogens with zero attached hydrogens (tertiary/aromatic N) is 2. The van der Waals surface area contributed by atoms with Crippen LogP contribution in [0.2, 0.25) is 0 Å². The van der Waals surface area contributed by atoms with Gasteiger partial charge in [0.1, 0.15) is 11.6 Å². The molecule has 3 rings (SSSR count). The van der Waals surface area contributed by atoms with Gasteiger partial charge in [0, 0.05) is 18.1 Å². The molecule has 0 fully saturated rings. The van der Waals surface area contributed by atoms with Gasteiger partial charge in [0.2, 0.25) is 0 Å². The summed E-state index contributed by atoms with van der Waals surface area (Å²) < 4.78 is 19.8. The smallest absolute Gasteiger partial charge is 0.287 e. The standard InChI is InChI=1S/C18H15FN2O2S/c1-23-16-5-3-2-4-15(16)21-11-10-20-17(18(21)22)24-12-13-6-8-14(19)9-7-13/h2-11H,12H2,1H3. The molecule has 0 spiro atoms. The molecule has 0 aliphatic heterocycles. The van der Waals surface area contributed by atoms with Crippen molar-refractivity contribution in [1.82, 2.24) is 9.55 Å². The van der Waals surface area contributed by atoms with E-state index >= 15 is 0 Å². The Morgan fingerprint density at radius 1 is 1.17 bits per heavy atom. The lowest BCUT2D eigenvalue weighted by Gasteiger charge is -2.11. The number of hydrogen-bond acceptors (Lipinski definition) is 4. The molecule has 122 valence electrons. The molecule has 0 atom stereocenters. The van der Waals surface area contributed by atoms with Crippen molar-refractivity contribution in [2.24, 2.45) is 0 Å². The summed E-state index contributed by atoms with van der Waals surface area (Å²) in [6.45, 7) is 0. The van der Waals surface area contributed by atoms with Gasteiger partial charge < -0.3 is 4.74 Å². The number of rotatable bonds is 5. The van der Waals surface area contributed by atoms with Gasteiger partial charge in [-0.1, -0.05) is 36.0 Å². The Morgan fingerprint density at radius 3 is 2.67 bits per heavy atom. The second kappa shape index (κ2) is 7.31. The first-order valence-corrected chi connectivity index (χ1v) is 8.26. The van der Waals surface area contributed by atoms with Crippen LogP contribution in [0.25, 0.3) is 5.69 Å². The lowest BCUT2D eigenvalue weighted by Crippen LogP contribution is -2.20. The second-order valence-electron chi connectivity index (χ2n) is 4.99. The predicted molar refractivity (Wildman–Crippen MR) is 92.3 cm³/mol. The van der Waals surface area contributed by atoms with Crippen molar-refractivity contribution in [3.8, 4) is 11.4 Å². The van der Waals surface area contributed by atoms with Gasteiger partial charge in [-0.15, -0.1) is 0 Å². The number of halogens is 1. The Balaban J connectivity index is 1.88. The zero-order valence-corrected chi connectivity index (χ0v) is 13.8. The van der Waals surface area contributed by atoms with Gasteiger partial charge in [-0.3, -0.25) is 9.36 Å². The SMILES string of the molecule is COc1ccccc1-n1ccnc(SCc2ccc(F)cc2)c1=O. The minimum absolute atomic E-state index is 0.214. The van der Waals surface area contributed by atoms with Crippen LogP contribution in [0.5, 0.6) is 5.75 Å². The van der Waals surface area contributed by atoms with Crippen LogP contribution in [0.1, 0.15) is 5.56 Å². The molecule has 1 heterocycles. The molecule has 3 aromatic rings. The van der Waals surface area contributed by atoms with E-state index in [0.29, 0.717) is 22.2 Å². The maximum atomic E-state index is 12.9. The quantitative estimate of drug-likeness (QED) is 0.664. The van der Waals surface area contributed by atoms with Crippen molar-refractivity contribution in [2.45, 2.75) is 10.8 Å². The van der Waals surface area contributed by atoms with Gasteiger partial charge in [0.15, 0.2) is 5.03 Å². The monoisotopic (exact) mass is 342 g/mol. The van der Waals surface area contributed by atoms with E-state index in [2.05, 4.69) is 4.98 Å². The highest BCUT2D eigenvalue weighted by Gasteiger charge is 2.10. The molecular weight excluding hydrogens is 327 g/mol. The van der Waals surface area contributed by atoms with Gasteiger partial charge in [0.05, 0.1) is 12.8 Å². The summed E-state index contributed by atoms with van der Waals surface area (Å²) in [6.07, 6.45) is 3.20. The zero-order valence-electron chi connectivity index (χ0n) is 13.0. The summed E-state index contributed by atoms with van der Waals surface area (Å²) >= 11 is 1.32. The first-order valence-electron chi connectivity index (χ1n) is 7.27. The summed E-state index contributed by atoms with van der Waals surface area (Å²) in [6, 6.07) is 13.5. The minimum atomic E-state index is -0.278. The largest absolute Gasteiger partial charge is 0.495 e. The lowest BCUT2D eigenvalue weighted by atomic mass is 10.2. The summed E-state index contributed by atoms with van der Waals surface area (Å²) in [4.78, 5) is 16.8. The minimum Gasteiger partial charge on any atom is -0.495 e. The van der Waals surface area contributed by atoms with Crippen molar-refractivity contribution in [2.75, 3.05) is 7.11 Å². The molecule has 0 saturated carbocycles. The van der Waals surface area contributed by atoms with E-state index in [-0.39, 0.29) is 11.4 Å². The van der Waals surface area contributed by atoms with E-state index in [4.69, 9.17) is 4.74 Å². The Morgan fingerprint density at radius 2 is 1.92 bits per heavy atom. The van der Waals surface area contributed by atoms with Crippen molar-refractivity contribution < 1.29 is 9.13 Å². The van der Waals surface area contributed by atoms with Gasteiger partial charge in [0.25, 0.3) is 5.56 Å². The van der Waals surface area contributed by atoms with Gasteiger partial charge >= 0.3 is 0 Å². The normalized spacial score (nSPS) is 10.6. The fourth-order valence-electron chi connectivity index (χ4n) is 2.24. The predicted octanol–water partition coefficient (Wildman–Crippen LogP) is 3.67. The van der Waals surface area contributed by atoms with E-state index < -0.39 is 0 Å². The van der Waals surface area contributed by atoms with Crippen LogP contribution in [0.15, 0.2) is 70.7 Å². The van der Waals surface area contributed by atoms with E-state index in [0.717, 1.165) is 5.56 Å². The fraction of sp³-hybridized carbons (Fsp3) is 0.111. The zero-order chi connectivity index (χ0) is 16.9. The first kappa shape index (κ1) is 16.3. The molecule has 6 heteroatoms. The first-order chi connectivity index (χ1) is 11.7. The van der Waals surface area contributed by atoms with E-state index in [9.17, 15) is 9.18 Å². The molecular formula is C18H15FN2O2S. The molecule has 4 nitrogen and oxygen atoms in total. The molecule has 0 aliphatic carbocycles. The number of methoxy groups -OCH3 is 1.